The quantitative estimate of drug-likeness (QED) is 0.931. The van der Waals surface area contributed by atoms with Crippen LogP contribution >= 0.6 is 12.4 Å². The summed E-state index contributed by atoms with van der Waals surface area (Å²) < 4.78 is 5.40. The van der Waals surface area contributed by atoms with Crippen molar-refractivity contribution in [2.24, 2.45) is 5.92 Å². The van der Waals surface area contributed by atoms with E-state index in [1.165, 1.54) is 0 Å². The second kappa shape index (κ2) is 7.25. The van der Waals surface area contributed by atoms with Gasteiger partial charge in [-0.25, -0.2) is 0 Å². The van der Waals surface area contributed by atoms with E-state index in [1.807, 2.05) is 30.3 Å². The summed E-state index contributed by atoms with van der Waals surface area (Å²) in [7, 11) is 0. The van der Waals surface area contributed by atoms with Crippen LogP contribution in [-0.4, -0.2) is 48.3 Å². The van der Waals surface area contributed by atoms with Crippen LogP contribution in [-0.2, 0) is 9.53 Å². The van der Waals surface area contributed by atoms with Crippen LogP contribution in [0, 0.1) is 5.92 Å². The lowest BCUT2D eigenvalue weighted by Crippen LogP contribution is -2.38. The Kier molecular flexibility index (Phi) is 5.62. The largest absolute Gasteiger partial charge is 0.481 e. The van der Waals surface area contributed by atoms with Crippen molar-refractivity contribution in [3.63, 3.8) is 0 Å². The van der Waals surface area contributed by atoms with Gasteiger partial charge < -0.3 is 9.84 Å². The van der Waals surface area contributed by atoms with Gasteiger partial charge in [-0.15, -0.1) is 12.4 Å². The summed E-state index contributed by atoms with van der Waals surface area (Å²) in [5.74, 6) is -0.856. The van der Waals surface area contributed by atoms with Gasteiger partial charge in [0.2, 0.25) is 0 Å². The van der Waals surface area contributed by atoms with Gasteiger partial charge in [0.05, 0.1) is 5.92 Å². The van der Waals surface area contributed by atoms with Gasteiger partial charge >= 0.3 is 5.97 Å². The molecular weight excluding hydrogens is 290 g/mol. The molecule has 0 amide bonds. The number of rotatable bonds is 3. The van der Waals surface area contributed by atoms with Crippen molar-refractivity contribution >= 4 is 18.4 Å². The van der Waals surface area contributed by atoms with Gasteiger partial charge in [0.1, 0.15) is 0 Å². The fourth-order valence-electron chi connectivity index (χ4n) is 3.47. The lowest BCUT2D eigenvalue weighted by molar-refractivity contribution is -0.141. The molecule has 2 aliphatic heterocycles. The maximum Gasteiger partial charge on any atom is 0.308 e. The number of hydrogen-bond acceptors (Lipinski definition) is 3. The van der Waals surface area contributed by atoms with Crippen molar-refractivity contribution in [2.45, 2.75) is 24.8 Å². The molecule has 1 aromatic carbocycles. The van der Waals surface area contributed by atoms with Gasteiger partial charge in [0.15, 0.2) is 0 Å². The Morgan fingerprint density at radius 1 is 1.14 bits per heavy atom. The van der Waals surface area contributed by atoms with Gasteiger partial charge in [-0.3, -0.25) is 9.69 Å². The normalized spacial score (nSPS) is 27.2. The van der Waals surface area contributed by atoms with E-state index in [-0.39, 0.29) is 24.2 Å². The van der Waals surface area contributed by atoms with Crippen molar-refractivity contribution in [3.8, 4) is 0 Å². The fraction of sp³-hybridized carbons (Fsp3) is 0.562. The number of carbonyl (C=O) groups is 1. The molecule has 1 aromatic rings. The number of aliphatic carboxylic acids is 1. The van der Waals surface area contributed by atoms with Crippen molar-refractivity contribution in [2.75, 3.05) is 26.3 Å². The van der Waals surface area contributed by atoms with Crippen LogP contribution in [0.15, 0.2) is 30.3 Å². The van der Waals surface area contributed by atoms with Crippen molar-refractivity contribution < 1.29 is 14.6 Å². The fourth-order valence-corrected chi connectivity index (χ4v) is 3.47. The van der Waals surface area contributed by atoms with Crippen LogP contribution in [0.4, 0.5) is 0 Å². The Morgan fingerprint density at radius 3 is 2.43 bits per heavy atom. The molecule has 0 bridgehead atoms. The molecule has 0 spiro atoms. The van der Waals surface area contributed by atoms with Crippen molar-refractivity contribution in [1.29, 1.82) is 0 Å². The van der Waals surface area contributed by atoms with E-state index in [4.69, 9.17) is 4.74 Å². The Hall–Kier alpha value is -1.10. The van der Waals surface area contributed by atoms with Gasteiger partial charge in [0, 0.05) is 38.3 Å². The first-order chi connectivity index (χ1) is 9.75. The minimum atomic E-state index is -0.673. The molecule has 0 aromatic heterocycles. The van der Waals surface area contributed by atoms with Crippen molar-refractivity contribution in [3.05, 3.63) is 35.9 Å². The van der Waals surface area contributed by atoms with Crippen LogP contribution in [0.5, 0.6) is 0 Å². The van der Waals surface area contributed by atoms with Crippen LogP contribution in [0.2, 0.25) is 0 Å². The number of likely N-dealkylation sites (tertiary alicyclic amines) is 1. The topological polar surface area (TPSA) is 49.8 Å². The molecule has 2 aliphatic rings. The molecule has 4 nitrogen and oxygen atoms in total. The molecular formula is C16H22ClNO3. The molecule has 1 N–H and O–H groups in total. The molecule has 0 aliphatic carbocycles. The van der Waals surface area contributed by atoms with Gasteiger partial charge in [0.25, 0.3) is 0 Å². The van der Waals surface area contributed by atoms with Crippen LogP contribution in [0.1, 0.15) is 24.3 Å². The third kappa shape index (κ3) is 3.57. The molecule has 0 unspecified atom stereocenters. The summed E-state index contributed by atoms with van der Waals surface area (Å²) in [5, 5.41) is 9.51. The average molecular weight is 312 g/mol. The number of carboxylic acid groups (broad SMARTS) is 1. The first-order valence-corrected chi connectivity index (χ1v) is 7.35. The molecule has 2 atom stereocenters. The second-order valence-electron chi connectivity index (χ2n) is 5.76. The molecule has 3 rings (SSSR count). The van der Waals surface area contributed by atoms with E-state index in [0.717, 1.165) is 38.2 Å². The summed E-state index contributed by atoms with van der Waals surface area (Å²) in [6, 6.07) is 10.5. The number of benzene rings is 1. The molecule has 21 heavy (non-hydrogen) atoms. The average Bonchev–Trinajstić information content (AvgIpc) is 2.94. The van der Waals surface area contributed by atoms with E-state index in [1.54, 1.807) is 0 Å². The summed E-state index contributed by atoms with van der Waals surface area (Å²) in [4.78, 5) is 13.9. The first-order valence-electron chi connectivity index (χ1n) is 7.35. The number of ether oxygens (including phenoxy) is 1. The predicted molar refractivity (Wildman–Crippen MR) is 83.0 cm³/mol. The summed E-state index contributed by atoms with van der Waals surface area (Å²) in [6.07, 6.45) is 2.04. The molecule has 2 saturated heterocycles. The number of hydrogen-bond donors (Lipinski definition) is 1. The molecule has 2 heterocycles. The molecule has 116 valence electrons. The van der Waals surface area contributed by atoms with Gasteiger partial charge in [-0.2, -0.15) is 0 Å². The number of halogens is 1. The van der Waals surface area contributed by atoms with E-state index in [9.17, 15) is 9.90 Å². The van der Waals surface area contributed by atoms with Crippen LogP contribution in [0.3, 0.4) is 0 Å². The summed E-state index contributed by atoms with van der Waals surface area (Å²) in [5.41, 5.74) is 1.15. The highest BCUT2D eigenvalue weighted by Gasteiger charge is 2.41. The predicted octanol–water partition coefficient (Wildman–Crippen LogP) is 2.39. The smallest absolute Gasteiger partial charge is 0.308 e. The summed E-state index contributed by atoms with van der Waals surface area (Å²) >= 11 is 0. The Balaban J connectivity index is 0.00000161. The van der Waals surface area contributed by atoms with E-state index in [0.29, 0.717) is 12.6 Å². The van der Waals surface area contributed by atoms with Crippen LogP contribution in [0.25, 0.3) is 0 Å². The van der Waals surface area contributed by atoms with E-state index in [2.05, 4.69) is 4.90 Å². The monoisotopic (exact) mass is 311 g/mol. The highest BCUT2D eigenvalue weighted by Crippen LogP contribution is 2.35. The minimum Gasteiger partial charge on any atom is -0.481 e. The zero-order chi connectivity index (χ0) is 13.9. The van der Waals surface area contributed by atoms with Crippen LogP contribution < -0.4 is 0 Å². The first kappa shape index (κ1) is 16.3. The third-order valence-electron chi connectivity index (χ3n) is 4.60. The Bertz CT molecular complexity index is 462. The molecule has 2 fully saturated rings. The minimum absolute atomic E-state index is 0. The number of nitrogens with zero attached hydrogens (tertiary/aromatic N) is 1. The van der Waals surface area contributed by atoms with E-state index < -0.39 is 5.97 Å². The second-order valence-corrected chi connectivity index (χ2v) is 5.76. The standard InChI is InChI=1S/C16H21NO3.ClH/c18-16(19)15-11-17(13-6-8-20-9-7-13)10-14(15)12-4-2-1-3-5-12;/h1-5,13-15H,6-11H2,(H,18,19);1H/t14-,15+;/m1./s1. The Labute approximate surface area is 131 Å². The van der Waals surface area contributed by atoms with Gasteiger partial charge in [-0.05, 0) is 18.4 Å². The lowest BCUT2D eigenvalue weighted by atomic mass is 9.89. The van der Waals surface area contributed by atoms with Gasteiger partial charge in [-0.1, -0.05) is 30.3 Å². The lowest BCUT2D eigenvalue weighted by Gasteiger charge is -2.31. The number of carboxylic acids is 1. The zero-order valence-corrected chi connectivity index (χ0v) is 12.8. The highest BCUT2D eigenvalue weighted by molar-refractivity contribution is 5.85. The van der Waals surface area contributed by atoms with E-state index >= 15 is 0 Å². The third-order valence-corrected chi connectivity index (χ3v) is 4.60. The molecule has 0 radical (unpaired) electrons. The zero-order valence-electron chi connectivity index (χ0n) is 12.0. The molecule has 0 saturated carbocycles. The Morgan fingerprint density at radius 2 is 1.81 bits per heavy atom. The highest BCUT2D eigenvalue weighted by atomic mass is 35.5. The molecule has 5 heteroatoms. The SMILES string of the molecule is Cl.O=C(O)[C@H]1CN(C2CCOCC2)C[C@@H]1c1ccccc1. The summed E-state index contributed by atoms with van der Waals surface area (Å²) in [6.45, 7) is 3.12. The maximum absolute atomic E-state index is 11.6. The van der Waals surface area contributed by atoms with Crippen molar-refractivity contribution in [1.82, 2.24) is 4.90 Å². The maximum atomic E-state index is 11.6.